The number of primary amides is 1. The number of alkyl halides is 2. The topological polar surface area (TPSA) is 141 Å². The number of hydrogen-bond donors (Lipinski definition) is 4. The zero-order valence-electron chi connectivity index (χ0n) is 16.5. The van der Waals surface area contributed by atoms with Crippen LogP contribution in [0.1, 0.15) is 31.7 Å². The molecule has 2 aliphatic rings. The van der Waals surface area contributed by atoms with E-state index in [0.717, 1.165) is 6.42 Å². The molecular weight excluding hydrogens is 431 g/mol. The summed E-state index contributed by atoms with van der Waals surface area (Å²) < 4.78 is -0.790. The summed E-state index contributed by atoms with van der Waals surface area (Å²) >= 11 is 12.1. The summed E-state index contributed by atoms with van der Waals surface area (Å²) in [5.41, 5.74) is 5.40. The molecule has 0 radical (unpaired) electrons. The van der Waals surface area contributed by atoms with Crippen LogP contribution in [0.15, 0.2) is 18.5 Å². The van der Waals surface area contributed by atoms with E-state index in [9.17, 15) is 14.4 Å². The third kappa shape index (κ3) is 4.84. The van der Waals surface area contributed by atoms with E-state index in [1.807, 2.05) is 6.92 Å². The Morgan fingerprint density at radius 2 is 2.13 bits per heavy atom. The Hall–Kier alpha value is -2.39. The number of aromatic nitrogens is 1. The van der Waals surface area contributed by atoms with E-state index in [-0.39, 0.29) is 41.6 Å². The highest BCUT2D eigenvalue weighted by Gasteiger charge is 2.55. The van der Waals surface area contributed by atoms with Gasteiger partial charge in [0.1, 0.15) is 16.1 Å². The number of amides is 3. The van der Waals surface area contributed by atoms with E-state index in [1.165, 1.54) is 23.4 Å². The molecule has 1 aliphatic carbocycles. The van der Waals surface area contributed by atoms with Gasteiger partial charge in [-0.15, -0.1) is 23.2 Å². The van der Waals surface area contributed by atoms with Crippen LogP contribution in [0.4, 0.5) is 5.69 Å². The van der Waals surface area contributed by atoms with E-state index in [0.29, 0.717) is 25.1 Å². The highest BCUT2D eigenvalue weighted by Crippen LogP contribution is 2.54. The molecule has 1 saturated carbocycles. The average molecular weight is 455 g/mol. The van der Waals surface area contributed by atoms with Gasteiger partial charge in [-0.2, -0.15) is 0 Å². The first kappa shape index (κ1) is 22.3. The van der Waals surface area contributed by atoms with Gasteiger partial charge in [0.15, 0.2) is 0 Å². The molecule has 30 heavy (non-hydrogen) atoms. The van der Waals surface area contributed by atoms with Crippen molar-refractivity contribution in [2.24, 2.45) is 11.7 Å². The van der Waals surface area contributed by atoms with Gasteiger partial charge in [0, 0.05) is 30.3 Å². The maximum Gasteiger partial charge on any atom is 0.267 e. The molecule has 1 aromatic heterocycles. The van der Waals surface area contributed by atoms with Gasteiger partial charge in [-0.25, -0.2) is 0 Å². The smallest absolute Gasteiger partial charge is 0.267 e. The number of nitrogens with zero attached hydrogens (tertiary/aromatic N) is 2. The Labute approximate surface area is 184 Å². The molecule has 3 unspecified atom stereocenters. The molecule has 0 spiro atoms. The molecule has 0 aromatic carbocycles. The van der Waals surface area contributed by atoms with E-state index in [1.54, 1.807) is 0 Å². The normalized spacial score (nSPS) is 22.8. The second kappa shape index (κ2) is 8.77. The minimum Gasteiger partial charge on any atom is -0.374 e. The summed E-state index contributed by atoms with van der Waals surface area (Å²) in [5, 5.41) is 13.6. The molecule has 1 aliphatic heterocycles. The molecule has 3 atom stereocenters. The minimum atomic E-state index is -0.880. The van der Waals surface area contributed by atoms with E-state index >= 15 is 0 Å². The molecule has 1 aromatic rings. The van der Waals surface area contributed by atoms with Crippen LogP contribution in [0.5, 0.6) is 0 Å². The summed E-state index contributed by atoms with van der Waals surface area (Å²) in [7, 11) is 0. The highest BCUT2D eigenvalue weighted by atomic mass is 35.5. The van der Waals surface area contributed by atoms with Gasteiger partial charge in [-0.3, -0.25) is 24.8 Å². The SMILES string of the molecule is CC(NC(=O)C1CCCN1C(=O)CNc1cnccc1C(=N)C(N)=O)C1CC1(Cl)Cl. The van der Waals surface area contributed by atoms with Gasteiger partial charge in [-0.1, -0.05) is 0 Å². The zero-order valence-corrected chi connectivity index (χ0v) is 18.0. The Bertz CT molecular complexity index is 878. The molecule has 162 valence electrons. The van der Waals surface area contributed by atoms with E-state index in [4.69, 9.17) is 34.3 Å². The first-order valence-electron chi connectivity index (χ1n) is 9.66. The third-order valence-electron chi connectivity index (χ3n) is 5.49. The lowest BCUT2D eigenvalue weighted by Gasteiger charge is -2.26. The van der Waals surface area contributed by atoms with Gasteiger partial charge < -0.3 is 21.3 Å². The second-order valence-corrected chi connectivity index (χ2v) is 9.17. The van der Waals surface area contributed by atoms with Crippen LogP contribution in [0.2, 0.25) is 0 Å². The number of anilines is 1. The van der Waals surface area contributed by atoms with Gasteiger partial charge in [-0.05, 0) is 32.3 Å². The largest absolute Gasteiger partial charge is 0.374 e. The molecule has 2 fully saturated rings. The van der Waals surface area contributed by atoms with Crippen molar-refractivity contribution in [1.29, 1.82) is 5.41 Å². The lowest BCUT2D eigenvalue weighted by atomic mass is 10.1. The van der Waals surface area contributed by atoms with Crippen LogP contribution in [0, 0.1) is 11.3 Å². The fraction of sp³-hybridized carbons (Fsp3) is 0.526. The third-order valence-corrected chi connectivity index (χ3v) is 6.36. The number of likely N-dealkylation sites (tertiary alicyclic amines) is 1. The van der Waals surface area contributed by atoms with Crippen molar-refractivity contribution in [1.82, 2.24) is 15.2 Å². The number of halogens is 2. The summed E-state index contributed by atoms with van der Waals surface area (Å²) in [6, 6.07) is 0.734. The molecule has 3 rings (SSSR count). The number of rotatable bonds is 8. The maximum atomic E-state index is 12.8. The predicted molar refractivity (Wildman–Crippen MR) is 114 cm³/mol. The number of hydrogen-bond acceptors (Lipinski definition) is 6. The first-order chi connectivity index (χ1) is 14.1. The van der Waals surface area contributed by atoms with E-state index < -0.39 is 16.3 Å². The van der Waals surface area contributed by atoms with Crippen LogP contribution >= 0.6 is 23.2 Å². The molecule has 2 heterocycles. The molecule has 0 bridgehead atoms. The fourth-order valence-corrected chi connectivity index (χ4v) is 4.40. The molecule has 9 nitrogen and oxygen atoms in total. The van der Waals surface area contributed by atoms with E-state index in [2.05, 4.69) is 15.6 Å². The van der Waals surface area contributed by atoms with Crippen LogP contribution < -0.4 is 16.4 Å². The number of carbonyl (C=O) groups is 3. The maximum absolute atomic E-state index is 12.8. The van der Waals surface area contributed by atoms with Crippen molar-refractivity contribution in [2.45, 2.75) is 42.6 Å². The van der Waals surface area contributed by atoms with Gasteiger partial charge in [0.2, 0.25) is 11.8 Å². The quantitative estimate of drug-likeness (QED) is 0.342. The summed E-state index contributed by atoms with van der Waals surface area (Å²) in [6.45, 7) is 2.22. The average Bonchev–Trinajstić information content (AvgIpc) is 3.11. The molecule has 5 N–H and O–H groups in total. The van der Waals surface area contributed by atoms with Crippen LogP contribution in [-0.4, -0.2) is 62.8 Å². The van der Waals surface area contributed by atoms with Crippen molar-refractivity contribution in [2.75, 3.05) is 18.4 Å². The van der Waals surface area contributed by atoms with Crippen molar-refractivity contribution in [3.05, 3.63) is 24.0 Å². The van der Waals surface area contributed by atoms with Crippen molar-refractivity contribution < 1.29 is 14.4 Å². The summed E-state index contributed by atoms with van der Waals surface area (Å²) in [4.78, 5) is 42.3. The molecule has 1 saturated heterocycles. The fourth-order valence-electron chi connectivity index (χ4n) is 3.69. The Morgan fingerprint density at radius 3 is 2.77 bits per heavy atom. The number of nitrogens with two attached hydrogens (primary N) is 1. The standard InChI is InChI=1S/C19H24Cl2N6O3/c1-10(12-7-19(12,20)21)26-18(30)14-3-2-6-27(14)15(28)9-25-13-8-24-5-4-11(13)16(22)17(23)29/h4-5,8,10,12,14,22,25H,2-3,6-7,9H2,1H3,(H2,23,29)(H,26,30). The van der Waals surface area contributed by atoms with Crippen molar-refractivity contribution >= 4 is 52.3 Å². The van der Waals surface area contributed by atoms with Gasteiger partial charge in [0.25, 0.3) is 5.91 Å². The van der Waals surface area contributed by atoms with Crippen molar-refractivity contribution in [3.8, 4) is 0 Å². The van der Waals surface area contributed by atoms with Crippen LogP contribution in [0.25, 0.3) is 0 Å². The number of pyridine rings is 1. The zero-order chi connectivity index (χ0) is 22.1. The van der Waals surface area contributed by atoms with Crippen molar-refractivity contribution in [3.63, 3.8) is 0 Å². The number of carbonyl (C=O) groups excluding carboxylic acids is 3. The lowest BCUT2D eigenvalue weighted by molar-refractivity contribution is -0.137. The molecular formula is C19H24Cl2N6O3. The first-order valence-corrected chi connectivity index (χ1v) is 10.4. The monoisotopic (exact) mass is 454 g/mol. The van der Waals surface area contributed by atoms with Gasteiger partial charge in [0.05, 0.1) is 18.4 Å². The summed E-state index contributed by atoms with van der Waals surface area (Å²) in [6.07, 6.45) is 4.77. The molecule has 11 heteroatoms. The lowest BCUT2D eigenvalue weighted by Crippen LogP contribution is -2.50. The van der Waals surface area contributed by atoms with Gasteiger partial charge >= 0.3 is 0 Å². The Kier molecular flexibility index (Phi) is 6.52. The minimum absolute atomic E-state index is 0.00146. The van der Waals surface area contributed by atoms with Crippen LogP contribution in [0.3, 0.4) is 0 Å². The predicted octanol–water partition coefficient (Wildman–Crippen LogP) is 1.04. The highest BCUT2D eigenvalue weighted by molar-refractivity contribution is 6.51. The number of nitrogens with one attached hydrogen (secondary N) is 3. The Balaban J connectivity index is 1.59. The summed E-state index contributed by atoms with van der Waals surface area (Å²) in [5.74, 6) is -1.37. The second-order valence-electron chi connectivity index (χ2n) is 7.63. The molecule has 3 amide bonds. The van der Waals surface area contributed by atoms with Crippen LogP contribution in [-0.2, 0) is 14.4 Å². The Morgan fingerprint density at radius 1 is 1.43 bits per heavy atom.